The van der Waals surface area contributed by atoms with Crippen molar-refractivity contribution in [2.45, 2.75) is 45.8 Å². The Hall–Kier alpha value is -3.29. The van der Waals surface area contributed by atoms with Gasteiger partial charge in [0.05, 0.1) is 0 Å². The summed E-state index contributed by atoms with van der Waals surface area (Å²) in [5.74, 6) is -0.890. The van der Waals surface area contributed by atoms with Crippen LogP contribution in [0.15, 0.2) is 34.9 Å². The lowest BCUT2D eigenvalue weighted by atomic mass is 10.0. The van der Waals surface area contributed by atoms with E-state index >= 15 is 0 Å². The number of fused-ring (bicyclic) bond motifs is 1. The number of oxazole rings is 1. The van der Waals surface area contributed by atoms with E-state index in [1.54, 1.807) is 20.8 Å². The Bertz CT molecular complexity index is 1010. The number of benzene rings is 1. The van der Waals surface area contributed by atoms with Gasteiger partial charge < -0.3 is 24.6 Å². The van der Waals surface area contributed by atoms with Crippen LogP contribution in [0, 0.1) is 6.92 Å². The Morgan fingerprint density at radius 1 is 1.32 bits per heavy atom. The van der Waals surface area contributed by atoms with Gasteiger partial charge in [-0.1, -0.05) is 18.2 Å². The first kappa shape index (κ1) is 19.5. The molecule has 1 aromatic carbocycles. The van der Waals surface area contributed by atoms with Crippen LogP contribution in [0.1, 0.15) is 54.5 Å². The number of nitrogens with zero attached hydrogens (tertiary/aromatic N) is 1. The third kappa shape index (κ3) is 4.33. The SMILES string of the molecule is Cc1oc([C@@H](Cc2c[nH]c3ccccc23)NC(=O)OC(C)(C)C)nc1C(=O)O. The molecule has 3 rings (SSSR count). The smallest absolute Gasteiger partial charge is 0.408 e. The van der Waals surface area contributed by atoms with Gasteiger partial charge >= 0.3 is 12.1 Å². The second-order valence-corrected chi connectivity index (χ2v) is 7.52. The summed E-state index contributed by atoms with van der Waals surface area (Å²) in [6.07, 6.45) is 1.56. The van der Waals surface area contributed by atoms with Crippen LogP contribution in [0.4, 0.5) is 4.79 Å². The summed E-state index contributed by atoms with van der Waals surface area (Å²) in [6.45, 7) is 6.81. The molecule has 0 aliphatic rings. The van der Waals surface area contributed by atoms with E-state index in [9.17, 15) is 14.7 Å². The predicted octanol–water partition coefficient (Wildman–Crippen LogP) is 3.97. The highest BCUT2D eigenvalue weighted by molar-refractivity contribution is 5.86. The number of hydrogen-bond acceptors (Lipinski definition) is 5. The van der Waals surface area contributed by atoms with Crippen molar-refractivity contribution in [3.63, 3.8) is 0 Å². The number of aromatic carboxylic acids is 1. The molecule has 8 nitrogen and oxygen atoms in total. The van der Waals surface area contributed by atoms with Gasteiger partial charge in [0.15, 0.2) is 5.69 Å². The monoisotopic (exact) mass is 385 g/mol. The van der Waals surface area contributed by atoms with Gasteiger partial charge in [0.2, 0.25) is 5.89 Å². The number of carbonyl (C=O) groups is 2. The summed E-state index contributed by atoms with van der Waals surface area (Å²) in [7, 11) is 0. The Morgan fingerprint density at radius 2 is 2.04 bits per heavy atom. The third-order valence-corrected chi connectivity index (χ3v) is 4.10. The van der Waals surface area contributed by atoms with Gasteiger partial charge in [-0.15, -0.1) is 0 Å². The molecule has 28 heavy (non-hydrogen) atoms. The van der Waals surface area contributed by atoms with E-state index < -0.39 is 23.7 Å². The number of hydrogen-bond donors (Lipinski definition) is 3. The van der Waals surface area contributed by atoms with Crippen molar-refractivity contribution in [2.24, 2.45) is 0 Å². The van der Waals surface area contributed by atoms with E-state index in [1.807, 2.05) is 30.5 Å². The number of para-hydroxylation sites is 1. The van der Waals surface area contributed by atoms with Crippen LogP contribution in [0.5, 0.6) is 0 Å². The molecule has 0 saturated carbocycles. The summed E-state index contributed by atoms with van der Waals surface area (Å²) >= 11 is 0. The van der Waals surface area contributed by atoms with Crippen LogP contribution in [0.25, 0.3) is 10.9 Å². The van der Waals surface area contributed by atoms with Crippen LogP contribution in [-0.4, -0.2) is 32.7 Å². The highest BCUT2D eigenvalue weighted by Crippen LogP contribution is 2.26. The lowest BCUT2D eigenvalue weighted by Gasteiger charge is -2.22. The van der Waals surface area contributed by atoms with Crippen LogP contribution in [0.2, 0.25) is 0 Å². The minimum Gasteiger partial charge on any atom is -0.476 e. The van der Waals surface area contributed by atoms with Crippen LogP contribution < -0.4 is 5.32 Å². The molecule has 0 saturated heterocycles. The minimum absolute atomic E-state index is 0.117. The Balaban J connectivity index is 1.93. The molecule has 2 heterocycles. The molecule has 0 radical (unpaired) electrons. The highest BCUT2D eigenvalue weighted by Gasteiger charge is 2.27. The van der Waals surface area contributed by atoms with E-state index in [1.165, 1.54) is 6.92 Å². The second-order valence-electron chi connectivity index (χ2n) is 7.52. The number of aromatic nitrogens is 2. The molecule has 2 aromatic heterocycles. The van der Waals surface area contributed by atoms with Gasteiger partial charge in [0.25, 0.3) is 0 Å². The number of carbonyl (C=O) groups excluding carboxylic acids is 1. The summed E-state index contributed by atoms with van der Waals surface area (Å²) in [6, 6.07) is 7.08. The lowest BCUT2D eigenvalue weighted by molar-refractivity contribution is 0.0495. The minimum atomic E-state index is -1.18. The maximum Gasteiger partial charge on any atom is 0.408 e. The first-order valence-electron chi connectivity index (χ1n) is 8.89. The van der Waals surface area contributed by atoms with Crippen LogP contribution >= 0.6 is 0 Å². The molecule has 1 amide bonds. The van der Waals surface area contributed by atoms with Gasteiger partial charge in [-0.3, -0.25) is 0 Å². The number of aryl methyl sites for hydroxylation is 1. The zero-order valence-corrected chi connectivity index (χ0v) is 16.2. The van der Waals surface area contributed by atoms with Crippen molar-refractivity contribution in [1.29, 1.82) is 0 Å². The van der Waals surface area contributed by atoms with E-state index in [-0.39, 0.29) is 17.3 Å². The molecular formula is C20H23N3O5. The standard InChI is InChI=1S/C20H23N3O5/c1-11-16(18(24)25)23-17(27-11)15(22-19(26)28-20(2,3)4)9-12-10-21-14-8-6-5-7-13(12)14/h5-8,10,15,21H,9H2,1-4H3,(H,22,26)(H,24,25)/t15-/m1/s1. The van der Waals surface area contributed by atoms with E-state index in [4.69, 9.17) is 9.15 Å². The number of carboxylic acids is 1. The summed E-state index contributed by atoms with van der Waals surface area (Å²) in [5, 5.41) is 13.0. The van der Waals surface area contributed by atoms with Gasteiger partial charge in [0.1, 0.15) is 17.4 Å². The second kappa shape index (κ2) is 7.38. The first-order chi connectivity index (χ1) is 13.1. The number of rotatable bonds is 5. The van der Waals surface area contributed by atoms with Crippen molar-refractivity contribution in [3.05, 3.63) is 53.4 Å². The molecule has 1 atom stereocenters. The molecule has 0 spiro atoms. The van der Waals surface area contributed by atoms with Crippen molar-refractivity contribution < 1.29 is 23.8 Å². The summed E-state index contributed by atoms with van der Waals surface area (Å²) < 4.78 is 10.9. The normalized spacial score (nSPS) is 12.7. The average molecular weight is 385 g/mol. The highest BCUT2D eigenvalue weighted by atomic mass is 16.6. The molecule has 3 N–H and O–H groups in total. The lowest BCUT2D eigenvalue weighted by Crippen LogP contribution is -2.36. The third-order valence-electron chi connectivity index (χ3n) is 4.10. The predicted molar refractivity (Wildman–Crippen MR) is 102 cm³/mol. The largest absolute Gasteiger partial charge is 0.476 e. The van der Waals surface area contributed by atoms with Gasteiger partial charge in [-0.25, -0.2) is 14.6 Å². The topological polar surface area (TPSA) is 117 Å². The summed E-state index contributed by atoms with van der Waals surface area (Å²) in [5.41, 5.74) is 1.05. The fourth-order valence-corrected chi connectivity index (χ4v) is 2.93. The van der Waals surface area contributed by atoms with Crippen molar-refractivity contribution >= 4 is 23.0 Å². The van der Waals surface area contributed by atoms with Crippen molar-refractivity contribution in [1.82, 2.24) is 15.3 Å². The van der Waals surface area contributed by atoms with Crippen molar-refractivity contribution in [2.75, 3.05) is 0 Å². The van der Waals surface area contributed by atoms with Crippen molar-refractivity contribution in [3.8, 4) is 0 Å². The Kier molecular flexibility index (Phi) is 5.13. The fraction of sp³-hybridized carbons (Fsp3) is 0.350. The molecule has 0 aliphatic heterocycles. The first-order valence-corrected chi connectivity index (χ1v) is 8.89. The number of aromatic amines is 1. The number of nitrogens with one attached hydrogen (secondary N) is 2. The molecule has 0 unspecified atom stereocenters. The molecule has 0 fully saturated rings. The quantitative estimate of drug-likeness (QED) is 0.612. The van der Waals surface area contributed by atoms with Gasteiger partial charge in [-0.05, 0) is 39.3 Å². The number of carboxylic acid groups (broad SMARTS) is 1. The number of alkyl carbamates (subject to hydrolysis) is 1. The Morgan fingerprint density at radius 3 is 2.68 bits per heavy atom. The van der Waals surface area contributed by atoms with Crippen LogP contribution in [0.3, 0.4) is 0 Å². The maximum absolute atomic E-state index is 12.3. The molecule has 0 aliphatic carbocycles. The number of amides is 1. The number of ether oxygens (including phenoxy) is 1. The molecule has 0 bridgehead atoms. The average Bonchev–Trinajstić information content (AvgIpc) is 3.16. The molecule has 3 aromatic rings. The van der Waals surface area contributed by atoms with Gasteiger partial charge in [-0.2, -0.15) is 0 Å². The zero-order chi connectivity index (χ0) is 20.5. The summed E-state index contributed by atoms with van der Waals surface area (Å²) in [4.78, 5) is 30.9. The fourth-order valence-electron chi connectivity index (χ4n) is 2.93. The van der Waals surface area contributed by atoms with E-state index in [0.717, 1.165) is 16.5 Å². The molecular weight excluding hydrogens is 362 g/mol. The Labute approximate surface area is 161 Å². The molecule has 8 heteroatoms. The number of H-pyrrole nitrogens is 1. The molecule has 148 valence electrons. The zero-order valence-electron chi connectivity index (χ0n) is 16.2. The maximum atomic E-state index is 12.3. The van der Waals surface area contributed by atoms with Crippen LogP contribution in [-0.2, 0) is 11.2 Å². The van der Waals surface area contributed by atoms with Gasteiger partial charge in [0, 0.05) is 23.5 Å². The van der Waals surface area contributed by atoms with E-state index in [0.29, 0.717) is 6.42 Å². The van der Waals surface area contributed by atoms with E-state index in [2.05, 4.69) is 15.3 Å².